The molecule has 0 aliphatic carbocycles. The van der Waals surface area contributed by atoms with Crippen molar-refractivity contribution in [3.63, 3.8) is 0 Å². The molecule has 7 heteroatoms. The molecule has 0 saturated carbocycles. The number of hydrogen-bond donors (Lipinski definition) is 1. The lowest BCUT2D eigenvalue weighted by Gasteiger charge is -2.33. The van der Waals surface area contributed by atoms with Crippen molar-refractivity contribution >= 4 is 5.91 Å². The third-order valence-electron chi connectivity index (χ3n) is 4.51. The Morgan fingerprint density at radius 1 is 1.11 bits per heavy atom. The molecule has 3 rings (SSSR count). The zero-order chi connectivity index (χ0) is 19.3. The minimum absolute atomic E-state index is 0.0402. The van der Waals surface area contributed by atoms with E-state index < -0.39 is 17.6 Å². The maximum atomic E-state index is 13.0. The van der Waals surface area contributed by atoms with Gasteiger partial charge < -0.3 is 10.1 Å². The fourth-order valence-corrected chi connectivity index (χ4v) is 3.13. The highest BCUT2D eigenvalue weighted by atomic mass is 19.4. The summed E-state index contributed by atoms with van der Waals surface area (Å²) in [7, 11) is 0. The lowest BCUT2D eigenvalue weighted by molar-refractivity contribution is -0.137. The number of hydrogen-bond acceptors (Lipinski definition) is 3. The van der Waals surface area contributed by atoms with Gasteiger partial charge in [0.25, 0.3) is 5.91 Å². The second kappa shape index (κ2) is 8.54. The smallest absolute Gasteiger partial charge is 0.371 e. The number of nitrogens with one attached hydrogen (secondary N) is 1. The summed E-state index contributed by atoms with van der Waals surface area (Å²) in [6, 6.07) is 14.7. The van der Waals surface area contributed by atoms with E-state index in [4.69, 9.17) is 4.74 Å². The normalized spacial score (nSPS) is 18.3. The molecule has 4 nitrogen and oxygen atoms in total. The van der Waals surface area contributed by atoms with Crippen molar-refractivity contribution in [3.8, 4) is 0 Å². The highest BCUT2D eigenvalue weighted by Gasteiger charge is 2.34. The molecular formula is C20H21F3N2O2. The number of alkyl halides is 3. The molecule has 0 aromatic heterocycles. The van der Waals surface area contributed by atoms with Gasteiger partial charge in [-0.15, -0.1) is 0 Å². The predicted molar refractivity (Wildman–Crippen MR) is 95.4 cm³/mol. The van der Waals surface area contributed by atoms with Gasteiger partial charge in [-0.2, -0.15) is 13.2 Å². The van der Waals surface area contributed by atoms with Crippen molar-refractivity contribution in [1.82, 2.24) is 10.2 Å². The van der Waals surface area contributed by atoms with Crippen LogP contribution in [-0.4, -0.2) is 43.6 Å². The van der Waals surface area contributed by atoms with E-state index in [0.29, 0.717) is 19.7 Å². The number of nitrogens with zero attached hydrogens (tertiary/aromatic N) is 1. The first-order valence-corrected chi connectivity index (χ1v) is 8.78. The Balaban J connectivity index is 1.53. The average molecular weight is 378 g/mol. The third kappa shape index (κ3) is 5.08. The van der Waals surface area contributed by atoms with Gasteiger partial charge >= 0.3 is 6.18 Å². The Labute approximate surface area is 155 Å². The first kappa shape index (κ1) is 19.4. The Hall–Kier alpha value is -2.38. The van der Waals surface area contributed by atoms with E-state index in [1.54, 1.807) is 0 Å². The maximum Gasteiger partial charge on any atom is 0.417 e. The van der Waals surface area contributed by atoms with E-state index in [1.807, 2.05) is 30.3 Å². The minimum Gasteiger partial charge on any atom is -0.371 e. The number of benzene rings is 2. The summed E-state index contributed by atoms with van der Waals surface area (Å²) in [6.07, 6.45) is -4.59. The zero-order valence-electron chi connectivity index (χ0n) is 14.7. The van der Waals surface area contributed by atoms with Crippen molar-refractivity contribution < 1.29 is 22.7 Å². The standard InChI is InChI=1S/C20H21F3N2O2/c21-20(22,23)17-9-5-4-8-16(17)19(26)24-10-11-25-12-13-27-18(14-25)15-6-2-1-3-7-15/h1-9,18H,10-14H2,(H,24,26)/t18-/m1/s1. The summed E-state index contributed by atoms with van der Waals surface area (Å²) in [5.74, 6) is -0.712. The third-order valence-corrected chi connectivity index (χ3v) is 4.51. The first-order chi connectivity index (χ1) is 12.9. The molecule has 1 heterocycles. The van der Waals surface area contributed by atoms with Crippen LogP contribution in [0.5, 0.6) is 0 Å². The molecule has 1 aliphatic heterocycles. The Bertz CT molecular complexity index is 765. The number of amides is 1. The van der Waals surface area contributed by atoms with Crippen LogP contribution in [0.2, 0.25) is 0 Å². The van der Waals surface area contributed by atoms with Crippen molar-refractivity contribution in [3.05, 3.63) is 71.3 Å². The molecule has 0 bridgehead atoms. The molecular weight excluding hydrogens is 357 g/mol. The molecule has 1 saturated heterocycles. The van der Waals surface area contributed by atoms with Crippen molar-refractivity contribution in [2.75, 3.05) is 32.8 Å². The van der Waals surface area contributed by atoms with E-state index in [-0.39, 0.29) is 18.2 Å². The van der Waals surface area contributed by atoms with Crippen LogP contribution in [0.4, 0.5) is 13.2 Å². The van der Waals surface area contributed by atoms with Gasteiger partial charge in [-0.25, -0.2) is 0 Å². The molecule has 0 unspecified atom stereocenters. The summed E-state index contributed by atoms with van der Waals surface area (Å²) in [4.78, 5) is 14.3. The van der Waals surface area contributed by atoms with E-state index in [9.17, 15) is 18.0 Å². The number of morpholine rings is 1. The van der Waals surface area contributed by atoms with Crippen LogP contribution in [0.15, 0.2) is 54.6 Å². The SMILES string of the molecule is O=C(NCCN1CCO[C@@H](c2ccccc2)C1)c1ccccc1C(F)(F)F. The van der Waals surface area contributed by atoms with Crippen molar-refractivity contribution in [2.45, 2.75) is 12.3 Å². The Kier molecular flexibility index (Phi) is 6.13. The molecule has 1 N–H and O–H groups in total. The van der Waals surface area contributed by atoms with E-state index in [0.717, 1.165) is 18.2 Å². The summed E-state index contributed by atoms with van der Waals surface area (Å²) in [6.45, 7) is 2.79. The summed E-state index contributed by atoms with van der Waals surface area (Å²) < 4.78 is 44.9. The summed E-state index contributed by atoms with van der Waals surface area (Å²) in [5, 5.41) is 2.59. The Morgan fingerprint density at radius 3 is 2.56 bits per heavy atom. The van der Waals surface area contributed by atoms with Gasteiger partial charge in [0.2, 0.25) is 0 Å². The summed E-state index contributed by atoms with van der Waals surface area (Å²) >= 11 is 0. The van der Waals surface area contributed by atoms with Gasteiger partial charge in [0.15, 0.2) is 0 Å². The summed E-state index contributed by atoms with van der Waals surface area (Å²) in [5.41, 5.74) is -0.183. The van der Waals surface area contributed by atoms with E-state index in [2.05, 4.69) is 10.2 Å². The first-order valence-electron chi connectivity index (χ1n) is 8.78. The molecule has 0 spiro atoms. The van der Waals surface area contributed by atoms with Gasteiger partial charge in [0.1, 0.15) is 0 Å². The number of carbonyl (C=O) groups is 1. The molecule has 2 aromatic carbocycles. The molecule has 1 amide bonds. The zero-order valence-corrected chi connectivity index (χ0v) is 14.7. The second-order valence-corrected chi connectivity index (χ2v) is 6.37. The fraction of sp³-hybridized carbons (Fsp3) is 0.350. The molecule has 144 valence electrons. The van der Waals surface area contributed by atoms with Gasteiger partial charge in [0, 0.05) is 26.2 Å². The van der Waals surface area contributed by atoms with Crippen LogP contribution >= 0.6 is 0 Å². The minimum atomic E-state index is -4.55. The van der Waals surface area contributed by atoms with Gasteiger partial charge in [0.05, 0.1) is 23.8 Å². The lowest BCUT2D eigenvalue weighted by atomic mass is 10.1. The molecule has 2 aromatic rings. The second-order valence-electron chi connectivity index (χ2n) is 6.37. The van der Waals surface area contributed by atoms with Crippen LogP contribution in [0.25, 0.3) is 0 Å². The molecule has 0 radical (unpaired) electrons. The van der Waals surface area contributed by atoms with Gasteiger partial charge in [-0.1, -0.05) is 42.5 Å². The van der Waals surface area contributed by atoms with Gasteiger partial charge in [-0.05, 0) is 17.7 Å². The van der Waals surface area contributed by atoms with Gasteiger partial charge in [-0.3, -0.25) is 9.69 Å². The molecule has 1 atom stereocenters. The topological polar surface area (TPSA) is 41.6 Å². The fourth-order valence-electron chi connectivity index (χ4n) is 3.13. The Morgan fingerprint density at radius 2 is 1.81 bits per heavy atom. The predicted octanol–water partition coefficient (Wildman–Crippen LogP) is 3.51. The van der Waals surface area contributed by atoms with Crippen LogP contribution in [0.1, 0.15) is 27.6 Å². The number of rotatable bonds is 5. The highest BCUT2D eigenvalue weighted by Crippen LogP contribution is 2.31. The molecule has 1 fully saturated rings. The lowest BCUT2D eigenvalue weighted by Crippen LogP contribution is -2.42. The van der Waals surface area contributed by atoms with E-state index >= 15 is 0 Å². The van der Waals surface area contributed by atoms with E-state index in [1.165, 1.54) is 18.2 Å². The monoisotopic (exact) mass is 378 g/mol. The molecule has 27 heavy (non-hydrogen) atoms. The van der Waals surface area contributed by atoms with Crippen LogP contribution < -0.4 is 5.32 Å². The maximum absolute atomic E-state index is 13.0. The number of carbonyl (C=O) groups excluding carboxylic acids is 1. The van der Waals surface area contributed by atoms with Crippen molar-refractivity contribution in [2.24, 2.45) is 0 Å². The number of ether oxygens (including phenoxy) is 1. The largest absolute Gasteiger partial charge is 0.417 e. The number of halogens is 3. The highest BCUT2D eigenvalue weighted by molar-refractivity contribution is 5.95. The van der Waals surface area contributed by atoms with Crippen LogP contribution in [0, 0.1) is 0 Å². The van der Waals surface area contributed by atoms with Crippen molar-refractivity contribution in [1.29, 1.82) is 0 Å². The van der Waals surface area contributed by atoms with Crippen LogP contribution in [0.3, 0.4) is 0 Å². The quantitative estimate of drug-likeness (QED) is 0.866. The molecule has 1 aliphatic rings. The average Bonchev–Trinajstić information content (AvgIpc) is 2.68. The van der Waals surface area contributed by atoms with Crippen LogP contribution in [-0.2, 0) is 10.9 Å².